The number of allylic oxidation sites excluding steroid dienone is 3. The van der Waals surface area contributed by atoms with Crippen molar-refractivity contribution in [3.63, 3.8) is 0 Å². The van der Waals surface area contributed by atoms with Crippen molar-refractivity contribution in [2.45, 2.75) is 31.6 Å². The van der Waals surface area contributed by atoms with Gasteiger partial charge in [-0.3, -0.25) is 4.79 Å². The van der Waals surface area contributed by atoms with E-state index in [2.05, 4.69) is 5.32 Å². The fraction of sp³-hybridized carbons (Fsp3) is 0.333. The molecule has 2 aromatic rings. The van der Waals surface area contributed by atoms with Gasteiger partial charge in [-0.15, -0.1) is 0 Å². The zero-order valence-corrected chi connectivity index (χ0v) is 21.1. The molecule has 0 fully saturated rings. The number of rotatable bonds is 6. The number of ketones is 1. The molecule has 0 radical (unpaired) electrons. The van der Waals surface area contributed by atoms with Crippen LogP contribution >= 0.6 is 11.6 Å². The second-order valence-electron chi connectivity index (χ2n) is 8.52. The number of carbonyl (C=O) groups excluding carboxylic acids is 2. The maximum Gasteiger partial charge on any atom is 0.336 e. The van der Waals surface area contributed by atoms with Crippen molar-refractivity contribution in [1.29, 1.82) is 0 Å². The zero-order valence-electron chi connectivity index (χ0n) is 20.4. The Labute approximate surface area is 209 Å². The minimum absolute atomic E-state index is 0.000849. The fourth-order valence-corrected chi connectivity index (χ4v) is 5.12. The summed E-state index contributed by atoms with van der Waals surface area (Å²) < 4.78 is 21.7. The van der Waals surface area contributed by atoms with Crippen LogP contribution in [-0.2, 0) is 14.3 Å². The highest BCUT2D eigenvalue weighted by molar-refractivity contribution is 6.30. The third-order valence-electron chi connectivity index (χ3n) is 6.59. The van der Waals surface area contributed by atoms with Crippen LogP contribution in [-0.4, -0.2) is 40.2 Å². The molecule has 184 valence electrons. The molecule has 0 spiro atoms. The number of dihydropyridines is 1. The first-order valence-electron chi connectivity index (χ1n) is 11.2. The lowest BCUT2D eigenvalue weighted by Crippen LogP contribution is -2.36. The molecule has 0 aromatic heterocycles. The van der Waals surface area contributed by atoms with Crippen LogP contribution < -0.4 is 19.5 Å². The van der Waals surface area contributed by atoms with Crippen molar-refractivity contribution in [3.8, 4) is 17.2 Å². The van der Waals surface area contributed by atoms with Gasteiger partial charge in [0.15, 0.2) is 17.3 Å². The molecule has 0 saturated carbocycles. The van der Waals surface area contributed by atoms with Crippen LogP contribution in [0.2, 0.25) is 5.02 Å². The van der Waals surface area contributed by atoms with Crippen molar-refractivity contribution >= 4 is 23.4 Å². The van der Waals surface area contributed by atoms with E-state index in [4.69, 9.17) is 30.5 Å². The molecular formula is C27H28ClNO6. The lowest BCUT2D eigenvalue weighted by molar-refractivity contribution is -0.136. The fourth-order valence-electron chi connectivity index (χ4n) is 4.99. The van der Waals surface area contributed by atoms with E-state index in [0.717, 1.165) is 11.3 Å². The molecule has 1 aliphatic carbocycles. The van der Waals surface area contributed by atoms with Crippen LogP contribution in [0.5, 0.6) is 17.2 Å². The molecule has 0 saturated heterocycles. The number of hydrogen-bond donors (Lipinski definition) is 1. The molecule has 7 nitrogen and oxygen atoms in total. The van der Waals surface area contributed by atoms with Crippen LogP contribution in [0.1, 0.15) is 42.7 Å². The molecule has 8 heteroatoms. The van der Waals surface area contributed by atoms with E-state index in [0.29, 0.717) is 57.5 Å². The number of benzene rings is 2. The summed E-state index contributed by atoms with van der Waals surface area (Å²) in [5, 5.41) is 3.98. The van der Waals surface area contributed by atoms with Crippen LogP contribution in [0.4, 0.5) is 0 Å². The van der Waals surface area contributed by atoms with Crippen LogP contribution in [0.25, 0.3) is 0 Å². The van der Waals surface area contributed by atoms with Crippen molar-refractivity contribution < 1.29 is 28.5 Å². The summed E-state index contributed by atoms with van der Waals surface area (Å²) in [4.78, 5) is 26.6. The van der Waals surface area contributed by atoms with Gasteiger partial charge in [0.1, 0.15) is 0 Å². The van der Waals surface area contributed by atoms with Gasteiger partial charge in [-0.2, -0.15) is 0 Å². The quantitative estimate of drug-likeness (QED) is 0.568. The number of methoxy groups -OCH3 is 4. The third-order valence-corrected chi connectivity index (χ3v) is 6.85. The Bertz CT molecular complexity index is 1210. The van der Waals surface area contributed by atoms with Crippen LogP contribution in [0, 0.1) is 0 Å². The number of nitrogens with one attached hydrogen (secondary N) is 1. The van der Waals surface area contributed by atoms with Crippen molar-refractivity contribution in [1.82, 2.24) is 5.32 Å². The van der Waals surface area contributed by atoms with Crippen LogP contribution in [0.15, 0.2) is 58.9 Å². The number of halogens is 1. The highest BCUT2D eigenvalue weighted by Crippen LogP contribution is 2.49. The average molecular weight is 498 g/mol. The van der Waals surface area contributed by atoms with Gasteiger partial charge in [-0.25, -0.2) is 4.79 Å². The van der Waals surface area contributed by atoms with Gasteiger partial charge >= 0.3 is 5.97 Å². The molecule has 0 bridgehead atoms. The molecule has 4 rings (SSSR count). The molecule has 1 aliphatic heterocycles. The first kappa shape index (κ1) is 24.7. The monoisotopic (exact) mass is 497 g/mol. The molecule has 2 aliphatic rings. The van der Waals surface area contributed by atoms with Crippen molar-refractivity contribution in [2.24, 2.45) is 0 Å². The number of hydrogen-bond acceptors (Lipinski definition) is 7. The van der Waals surface area contributed by atoms with Gasteiger partial charge in [0.2, 0.25) is 5.75 Å². The summed E-state index contributed by atoms with van der Waals surface area (Å²) in [6, 6.07) is 11.1. The van der Waals surface area contributed by atoms with E-state index in [9.17, 15) is 9.59 Å². The molecule has 2 unspecified atom stereocenters. The van der Waals surface area contributed by atoms with Gasteiger partial charge in [0.25, 0.3) is 0 Å². The Morgan fingerprint density at radius 1 is 0.943 bits per heavy atom. The van der Waals surface area contributed by atoms with Crippen LogP contribution in [0.3, 0.4) is 0 Å². The maximum atomic E-state index is 13.7. The highest BCUT2D eigenvalue weighted by atomic mass is 35.5. The summed E-state index contributed by atoms with van der Waals surface area (Å²) in [6.45, 7) is 1.82. The lowest BCUT2D eigenvalue weighted by atomic mass is 9.71. The van der Waals surface area contributed by atoms with Gasteiger partial charge in [0, 0.05) is 34.3 Å². The van der Waals surface area contributed by atoms with E-state index in [1.807, 2.05) is 31.2 Å². The van der Waals surface area contributed by atoms with Crippen molar-refractivity contribution in [2.75, 3.05) is 28.4 Å². The Morgan fingerprint density at radius 3 is 2.11 bits per heavy atom. The molecule has 2 aromatic carbocycles. The van der Waals surface area contributed by atoms with E-state index >= 15 is 0 Å². The largest absolute Gasteiger partial charge is 0.493 e. The summed E-state index contributed by atoms with van der Waals surface area (Å²) in [5.41, 5.74) is 4.07. The van der Waals surface area contributed by atoms with E-state index in [-0.39, 0.29) is 11.7 Å². The molecule has 2 atom stereocenters. The Morgan fingerprint density at radius 2 is 1.57 bits per heavy atom. The lowest BCUT2D eigenvalue weighted by Gasteiger charge is -2.36. The standard InChI is InChI=1S/C27H28ClNO6/c1-14-23(27(31)35-5)24(17-12-21(32-2)26(34-4)22(13-17)33-3)25-19(29-14)10-16(11-20(25)30)15-6-8-18(28)9-7-15/h6-9,12-13,16,24,29H,10-11H2,1-5H3. The SMILES string of the molecule is COC(=O)C1=C(C)NC2=C(C(=O)CC(c3ccc(Cl)cc3)C2)C1c1cc(OC)c(OC)c(OC)c1. The Kier molecular flexibility index (Phi) is 7.08. The van der Waals surface area contributed by atoms with Gasteiger partial charge < -0.3 is 24.3 Å². The topological polar surface area (TPSA) is 83.1 Å². The maximum absolute atomic E-state index is 13.7. The minimum Gasteiger partial charge on any atom is -0.493 e. The Hall–Kier alpha value is -3.45. The normalized spacial score (nSPS) is 19.7. The van der Waals surface area contributed by atoms with Gasteiger partial charge in [-0.05, 0) is 54.7 Å². The van der Waals surface area contributed by atoms with E-state index < -0.39 is 11.9 Å². The smallest absolute Gasteiger partial charge is 0.336 e. The second-order valence-corrected chi connectivity index (χ2v) is 8.96. The number of ether oxygens (including phenoxy) is 4. The first-order valence-corrected chi connectivity index (χ1v) is 11.6. The highest BCUT2D eigenvalue weighted by Gasteiger charge is 2.42. The first-order chi connectivity index (χ1) is 16.8. The number of Topliss-reactive ketones (excluding diaryl/α,β-unsaturated/α-hetero) is 1. The zero-order chi connectivity index (χ0) is 25.3. The van der Waals surface area contributed by atoms with Crippen molar-refractivity contribution in [3.05, 3.63) is 75.1 Å². The molecule has 35 heavy (non-hydrogen) atoms. The molecular weight excluding hydrogens is 470 g/mol. The Balaban J connectivity index is 1.87. The summed E-state index contributed by atoms with van der Waals surface area (Å²) >= 11 is 6.06. The van der Waals surface area contributed by atoms with Gasteiger partial charge in [0.05, 0.1) is 34.0 Å². The predicted octanol–water partition coefficient (Wildman–Crippen LogP) is 4.90. The third kappa shape index (κ3) is 4.48. The summed E-state index contributed by atoms with van der Waals surface area (Å²) in [6.07, 6.45) is 0.937. The predicted molar refractivity (Wildman–Crippen MR) is 132 cm³/mol. The summed E-state index contributed by atoms with van der Waals surface area (Å²) in [5.74, 6) is 0.114. The number of esters is 1. The number of carbonyl (C=O) groups is 2. The summed E-state index contributed by atoms with van der Waals surface area (Å²) in [7, 11) is 5.91. The van der Waals surface area contributed by atoms with Gasteiger partial charge in [-0.1, -0.05) is 23.7 Å². The van der Waals surface area contributed by atoms with E-state index in [1.165, 1.54) is 28.4 Å². The van der Waals surface area contributed by atoms with E-state index in [1.54, 1.807) is 12.1 Å². The molecule has 0 amide bonds. The molecule has 1 heterocycles. The average Bonchev–Trinajstić information content (AvgIpc) is 2.86. The second kappa shape index (κ2) is 10.0. The molecule has 1 N–H and O–H groups in total. The minimum atomic E-state index is -0.647.